The van der Waals surface area contributed by atoms with E-state index in [-0.39, 0.29) is 6.42 Å². The van der Waals surface area contributed by atoms with Gasteiger partial charge in [0.1, 0.15) is 0 Å². The van der Waals surface area contributed by atoms with Gasteiger partial charge in [-0.15, -0.1) is 11.3 Å². The van der Waals surface area contributed by atoms with Gasteiger partial charge in [-0.2, -0.15) is 0 Å². The van der Waals surface area contributed by atoms with Gasteiger partial charge < -0.3 is 10.0 Å². The zero-order valence-electron chi connectivity index (χ0n) is 14.2. The van der Waals surface area contributed by atoms with Crippen LogP contribution in [0, 0.1) is 0 Å². The van der Waals surface area contributed by atoms with Gasteiger partial charge in [-0.1, -0.05) is 30.3 Å². The molecule has 0 saturated heterocycles. The van der Waals surface area contributed by atoms with Crippen molar-refractivity contribution in [2.75, 3.05) is 20.6 Å². The topological polar surface area (TPSA) is 40.5 Å². The SMILES string of the molecule is CN(C)CCC=C1c2ccccc2CCc2cc(CC(=O)O)sc21. The Bertz CT molecular complexity index is 774. The van der Waals surface area contributed by atoms with E-state index in [0.717, 1.165) is 30.7 Å². The second kappa shape index (κ2) is 7.32. The third-order valence-corrected chi connectivity index (χ3v) is 5.54. The summed E-state index contributed by atoms with van der Waals surface area (Å²) in [6.07, 6.45) is 5.42. The lowest BCUT2D eigenvalue weighted by molar-refractivity contribution is -0.136. The Morgan fingerprint density at radius 1 is 1.25 bits per heavy atom. The lowest BCUT2D eigenvalue weighted by atomic mass is 9.98. The van der Waals surface area contributed by atoms with Crippen molar-refractivity contribution in [3.05, 3.63) is 62.9 Å². The Morgan fingerprint density at radius 3 is 2.75 bits per heavy atom. The fraction of sp³-hybridized carbons (Fsp3) is 0.350. The van der Waals surface area contributed by atoms with Crippen LogP contribution in [0.15, 0.2) is 36.4 Å². The lowest BCUT2D eigenvalue weighted by Crippen LogP contribution is -2.12. The van der Waals surface area contributed by atoms with Crippen LogP contribution in [0.1, 0.15) is 32.9 Å². The molecule has 1 aliphatic carbocycles. The second-order valence-electron chi connectivity index (χ2n) is 6.50. The first-order valence-corrected chi connectivity index (χ1v) is 9.13. The number of fused-ring (bicyclic) bond motifs is 2. The van der Waals surface area contributed by atoms with E-state index in [1.165, 1.54) is 27.1 Å². The molecular formula is C20H23NO2S. The number of aryl methyl sites for hydroxylation is 2. The normalized spacial score (nSPS) is 15.2. The summed E-state index contributed by atoms with van der Waals surface area (Å²) in [4.78, 5) is 15.5. The van der Waals surface area contributed by atoms with Crippen LogP contribution in [0.4, 0.5) is 0 Å². The van der Waals surface area contributed by atoms with E-state index >= 15 is 0 Å². The molecule has 0 atom stereocenters. The molecule has 0 saturated carbocycles. The minimum Gasteiger partial charge on any atom is -0.481 e. The Balaban J connectivity index is 2.03. The zero-order valence-corrected chi connectivity index (χ0v) is 15.0. The standard InChI is InChI=1S/C20H23NO2S/c1-21(2)11-5-8-18-17-7-4-3-6-14(17)9-10-15-12-16(13-19(22)23)24-20(15)18/h3-4,6-8,12H,5,9-11,13H2,1-2H3,(H,22,23). The Hall–Kier alpha value is -1.91. The maximum absolute atomic E-state index is 11.1. The molecule has 0 aliphatic heterocycles. The van der Waals surface area contributed by atoms with Crippen LogP contribution >= 0.6 is 11.3 Å². The van der Waals surface area contributed by atoms with Crippen molar-refractivity contribution >= 4 is 22.9 Å². The predicted octanol–water partition coefficient (Wildman–Crippen LogP) is 3.86. The van der Waals surface area contributed by atoms with Crippen LogP contribution in [0.2, 0.25) is 0 Å². The Morgan fingerprint density at radius 2 is 2.00 bits per heavy atom. The molecule has 0 unspecified atom stereocenters. The van der Waals surface area contributed by atoms with Gasteiger partial charge in [0, 0.05) is 16.3 Å². The Labute approximate surface area is 147 Å². The summed E-state index contributed by atoms with van der Waals surface area (Å²) in [5, 5.41) is 9.10. The fourth-order valence-corrected chi connectivity index (χ4v) is 4.45. The minimum atomic E-state index is -0.759. The van der Waals surface area contributed by atoms with Gasteiger partial charge in [-0.3, -0.25) is 4.79 Å². The van der Waals surface area contributed by atoms with Gasteiger partial charge in [0.15, 0.2) is 0 Å². The number of hydrogen-bond acceptors (Lipinski definition) is 3. The molecule has 1 aliphatic rings. The van der Waals surface area contributed by atoms with E-state index < -0.39 is 5.97 Å². The molecule has 4 heteroatoms. The molecule has 1 N–H and O–H groups in total. The molecule has 0 amide bonds. The van der Waals surface area contributed by atoms with Crippen molar-refractivity contribution < 1.29 is 9.90 Å². The minimum absolute atomic E-state index is 0.115. The van der Waals surface area contributed by atoms with Crippen molar-refractivity contribution in [3.8, 4) is 0 Å². The summed E-state index contributed by atoms with van der Waals surface area (Å²) in [7, 11) is 4.17. The number of aliphatic carboxylic acids is 1. The highest BCUT2D eigenvalue weighted by molar-refractivity contribution is 7.13. The molecule has 3 nitrogen and oxygen atoms in total. The van der Waals surface area contributed by atoms with Crippen LogP contribution < -0.4 is 0 Å². The molecule has 126 valence electrons. The van der Waals surface area contributed by atoms with E-state index in [1.807, 2.05) is 0 Å². The quantitative estimate of drug-likeness (QED) is 0.898. The highest BCUT2D eigenvalue weighted by atomic mass is 32.1. The number of benzene rings is 1. The average Bonchev–Trinajstić information content (AvgIpc) is 2.85. The number of carboxylic acid groups (broad SMARTS) is 1. The van der Waals surface area contributed by atoms with Crippen LogP contribution in [0.3, 0.4) is 0 Å². The van der Waals surface area contributed by atoms with E-state index in [9.17, 15) is 4.79 Å². The molecule has 1 aromatic heterocycles. The molecular weight excluding hydrogens is 318 g/mol. The fourth-order valence-electron chi connectivity index (χ4n) is 3.20. The predicted molar refractivity (Wildman–Crippen MR) is 99.8 cm³/mol. The molecule has 2 aromatic rings. The molecule has 0 radical (unpaired) electrons. The number of nitrogens with zero attached hydrogens (tertiary/aromatic N) is 1. The van der Waals surface area contributed by atoms with Crippen molar-refractivity contribution in [1.82, 2.24) is 4.90 Å². The third-order valence-electron chi connectivity index (χ3n) is 4.33. The average molecular weight is 341 g/mol. The summed E-state index contributed by atoms with van der Waals surface area (Å²) >= 11 is 1.64. The van der Waals surface area contributed by atoms with Gasteiger partial charge in [-0.25, -0.2) is 0 Å². The second-order valence-corrected chi connectivity index (χ2v) is 7.64. The molecule has 1 heterocycles. The number of carbonyl (C=O) groups is 1. The first-order chi connectivity index (χ1) is 11.5. The van der Waals surface area contributed by atoms with Gasteiger partial charge >= 0.3 is 5.97 Å². The number of carboxylic acids is 1. The summed E-state index contributed by atoms with van der Waals surface area (Å²) in [5.74, 6) is -0.759. The van der Waals surface area contributed by atoms with E-state index in [2.05, 4.69) is 55.4 Å². The summed E-state index contributed by atoms with van der Waals surface area (Å²) < 4.78 is 0. The maximum Gasteiger partial charge on any atom is 0.308 e. The summed E-state index contributed by atoms with van der Waals surface area (Å²) in [6.45, 7) is 1.01. The monoisotopic (exact) mass is 341 g/mol. The molecule has 0 spiro atoms. The molecule has 3 rings (SSSR count). The van der Waals surface area contributed by atoms with Gasteiger partial charge in [-0.05, 0) is 61.7 Å². The third kappa shape index (κ3) is 3.77. The van der Waals surface area contributed by atoms with Crippen LogP contribution in [0.25, 0.3) is 5.57 Å². The largest absolute Gasteiger partial charge is 0.481 e. The van der Waals surface area contributed by atoms with Crippen molar-refractivity contribution in [3.63, 3.8) is 0 Å². The molecule has 24 heavy (non-hydrogen) atoms. The van der Waals surface area contributed by atoms with Crippen molar-refractivity contribution in [1.29, 1.82) is 0 Å². The lowest BCUT2D eigenvalue weighted by Gasteiger charge is -2.11. The number of rotatable bonds is 5. The van der Waals surface area contributed by atoms with Gasteiger partial charge in [0.05, 0.1) is 6.42 Å². The van der Waals surface area contributed by atoms with E-state index in [1.54, 1.807) is 11.3 Å². The first kappa shape index (κ1) is 16.9. The van der Waals surface area contributed by atoms with Crippen LogP contribution in [0.5, 0.6) is 0 Å². The van der Waals surface area contributed by atoms with Crippen molar-refractivity contribution in [2.24, 2.45) is 0 Å². The smallest absolute Gasteiger partial charge is 0.308 e. The van der Waals surface area contributed by atoms with Crippen LogP contribution in [-0.4, -0.2) is 36.6 Å². The molecule has 0 fully saturated rings. The van der Waals surface area contributed by atoms with E-state index in [0.29, 0.717) is 0 Å². The highest BCUT2D eigenvalue weighted by Gasteiger charge is 2.21. The van der Waals surface area contributed by atoms with Gasteiger partial charge in [0.25, 0.3) is 0 Å². The zero-order chi connectivity index (χ0) is 17.1. The molecule has 1 aromatic carbocycles. The van der Waals surface area contributed by atoms with Crippen molar-refractivity contribution in [2.45, 2.75) is 25.7 Å². The number of thiophene rings is 1. The Kier molecular flexibility index (Phi) is 5.17. The van der Waals surface area contributed by atoms with Crippen LogP contribution in [-0.2, 0) is 24.1 Å². The summed E-state index contributed by atoms with van der Waals surface area (Å²) in [5.41, 5.74) is 5.26. The summed E-state index contributed by atoms with van der Waals surface area (Å²) in [6, 6.07) is 10.7. The molecule has 0 bridgehead atoms. The highest BCUT2D eigenvalue weighted by Crippen LogP contribution is 2.39. The number of hydrogen-bond donors (Lipinski definition) is 1. The van der Waals surface area contributed by atoms with Gasteiger partial charge in [0.2, 0.25) is 0 Å². The first-order valence-electron chi connectivity index (χ1n) is 8.31. The maximum atomic E-state index is 11.1. The van der Waals surface area contributed by atoms with E-state index in [4.69, 9.17) is 5.11 Å².